The molecule has 0 fully saturated rings. The molecule has 0 radical (unpaired) electrons. The number of carbonyl (C=O) groups excluding carboxylic acids is 2. The van der Waals surface area contributed by atoms with Gasteiger partial charge in [-0.2, -0.15) is 0 Å². The van der Waals surface area contributed by atoms with Crippen LogP contribution in [0.3, 0.4) is 0 Å². The first-order valence-corrected chi connectivity index (χ1v) is 9.53. The first-order chi connectivity index (χ1) is 13.8. The maximum atomic E-state index is 12.8. The Morgan fingerprint density at radius 2 is 1.69 bits per heavy atom. The van der Waals surface area contributed by atoms with E-state index in [1.54, 1.807) is 39.1 Å². The van der Waals surface area contributed by atoms with Crippen molar-refractivity contribution in [3.05, 3.63) is 72.1 Å². The Labute approximate surface area is 170 Å². The minimum Gasteiger partial charge on any atom is -0.444 e. The standard InChI is InChI=1S/C23H25N3O3/c1-23(2,3)29-22(28)26-20-15-17-9-5-4-8-16(17)14-19(20)21(27)25-13-11-18-10-6-7-12-24-18/h4-10,12,14-15H,11,13H2,1-3H3,(H,25,27)(H,26,28). The molecule has 6 heteroatoms. The minimum absolute atomic E-state index is 0.266. The van der Waals surface area contributed by atoms with Crippen molar-refractivity contribution >= 4 is 28.5 Å². The molecule has 0 spiro atoms. The number of amides is 2. The van der Waals surface area contributed by atoms with Crippen LogP contribution in [-0.2, 0) is 11.2 Å². The maximum absolute atomic E-state index is 12.8. The molecule has 3 aromatic rings. The summed E-state index contributed by atoms with van der Waals surface area (Å²) in [6, 6.07) is 16.9. The highest BCUT2D eigenvalue weighted by Crippen LogP contribution is 2.25. The van der Waals surface area contributed by atoms with Crippen LogP contribution in [0.15, 0.2) is 60.8 Å². The second kappa shape index (κ2) is 8.73. The molecule has 0 aliphatic heterocycles. The Morgan fingerprint density at radius 3 is 2.34 bits per heavy atom. The van der Waals surface area contributed by atoms with Crippen LogP contribution < -0.4 is 10.6 Å². The maximum Gasteiger partial charge on any atom is 0.412 e. The van der Waals surface area contributed by atoms with Gasteiger partial charge in [-0.25, -0.2) is 4.79 Å². The lowest BCUT2D eigenvalue weighted by atomic mass is 10.0. The molecule has 6 nitrogen and oxygen atoms in total. The predicted molar refractivity (Wildman–Crippen MR) is 114 cm³/mol. The van der Waals surface area contributed by atoms with Gasteiger partial charge >= 0.3 is 6.09 Å². The normalized spacial score (nSPS) is 11.1. The number of rotatable bonds is 5. The molecule has 0 saturated heterocycles. The van der Waals surface area contributed by atoms with E-state index in [2.05, 4.69) is 15.6 Å². The van der Waals surface area contributed by atoms with Gasteiger partial charge in [0.15, 0.2) is 0 Å². The van der Waals surface area contributed by atoms with Crippen molar-refractivity contribution < 1.29 is 14.3 Å². The molecule has 0 aliphatic rings. The number of nitrogens with zero attached hydrogens (tertiary/aromatic N) is 1. The fourth-order valence-electron chi connectivity index (χ4n) is 2.89. The van der Waals surface area contributed by atoms with Gasteiger partial charge in [0.05, 0.1) is 11.3 Å². The average Bonchev–Trinajstić information content (AvgIpc) is 2.66. The summed E-state index contributed by atoms with van der Waals surface area (Å²) in [7, 11) is 0. The van der Waals surface area contributed by atoms with E-state index in [9.17, 15) is 9.59 Å². The molecule has 0 saturated carbocycles. The molecule has 1 heterocycles. The van der Waals surface area contributed by atoms with Crippen molar-refractivity contribution in [3.63, 3.8) is 0 Å². The zero-order valence-corrected chi connectivity index (χ0v) is 16.9. The first-order valence-electron chi connectivity index (χ1n) is 9.53. The Kier molecular flexibility index (Phi) is 6.12. The number of fused-ring (bicyclic) bond motifs is 1. The van der Waals surface area contributed by atoms with Crippen molar-refractivity contribution in [2.24, 2.45) is 0 Å². The molecule has 2 aromatic carbocycles. The molecule has 0 unspecified atom stereocenters. The van der Waals surface area contributed by atoms with E-state index in [0.717, 1.165) is 16.5 Å². The van der Waals surface area contributed by atoms with Gasteiger partial charge in [0.2, 0.25) is 0 Å². The SMILES string of the molecule is CC(C)(C)OC(=O)Nc1cc2ccccc2cc1C(=O)NCCc1ccccn1. The summed E-state index contributed by atoms with van der Waals surface area (Å²) in [5.74, 6) is -0.266. The number of hydrogen-bond donors (Lipinski definition) is 2. The Morgan fingerprint density at radius 1 is 1.00 bits per heavy atom. The highest BCUT2D eigenvalue weighted by atomic mass is 16.6. The van der Waals surface area contributed by atoms with Gasteiger partial charge in [0, 0.05) is 24.9 Å². The lowest BCUT2D eigenvalue weighted by Crippen LogP contribution is -2.30. The number of hydrogen-bond acceptors (Lipinski definition) is 4. The van der Waals surface area contributed by atoms with Crippen LogP contribution in [0.4, 0.5) is 10.5 Å². The summed E-state index contributed by atoms with van der Waals surface area (Å²) in [6.07, 6.45) is 1.74. The van der Waals surface area contributed by atoms with E-state index in [1.807, 2.05) is 42.5 Å². The summed E-state index contributed by atoms with van der Waals surface area (Å²) in [4.78, 5) is 29.4. The minimum atomic E-state index is -0.633. The number of carbonyl (C=O) groups is 2. The van der Waals surface area contributed by atoms with E-state index in [4.69, 9.17) is 4.74 Å². The molecule has 1 aromatic heterocycles. The van der Waals surface area contributed by atoms with Crippen LogP contribution in [0.25, 0.3) is 10.8 Å². The van der Waals surface area contributed by atoms with Crippen LogP contribution in [0.1, 0.15) is 36.8 Å². The fourth-order valence-corrected chi connectivity index (χ4v) is 2.89. The topological polar surface area (TPSA) is 80.3 Å². The van der Waals surface area contributed by atoms with Crippen LogP contribution in [0.2, 0.25) is 0 Å². The van der Waals surface area contributed by atoms with Gasteiger partial charge in [-0.15, -0.1) is 0 Å². The molecule has 2 amide bonds. The second-order valence-corrected chi connectivity index (χ2v) is 7.70. The fraction of sp³-hybridized carbons (Fsp3) is 0.261. The van der Waals surface area contributed by atoms with Gasteiger partial charge in [-0.3, -0.25) is 15.1 Å². The monoisotopic (exact) mass is 391 g/mol. The summed E-state index contributed by atoms with van der Waals surface area (Å²) in [6.45, 7) is 5.81. The number of nitrogens with one attached hydrogen (secondary N) is 2. The van der Waals surface area contributed by atoms with Crippen LogP contribution in [0.5, 0.6) is 0 Å². The Bertz CT molecular complexity index is 1010. The third-order valence-electron chi connectivity index (χ3n) is 4.16. The lowest BCUT2D eigenvalue weighted by molar-refractivity contribution is 0.0636. The van der Waals surface area contributed by atoms with E-state index >= 15 is 0 Å². The summed E-state index contributed by atoms with van der Waals surface area (Å²) >= 11 is 0. The third kappa shape index (κ3) is 5.78. The van der Waals surface area contributed by atoms with Crippen molar-refractivity contribution in [2.75, 3.05) is 11.9 Å². The number of anilines is 1. The van der Waals surface area contributed by atoms with Crippen molar-refractivity contribution in [3.8, 4) is 0 Å². The van der Waals surface area contributed by atoms with Crippen molar-refractivity contribution in [1.82, 2.24) is 10.3 Å². The number of aromatic nitrogens is 1. The van der Waals surface area contributed by atoms with E-state index in [1.165, 1.54) is 0 Å². The van der Waals surface area contributed by atoms with Crippen molar-refractivity contribution in [2.45, 2.75) is 32.8 Å². The summed E-state index contributed by atoms with van der Waals surface area (Å²) < 4.78 is 5.34. The van der Waals surface area contributed by atoms with E-state index in [-0.39, 0.29) is 5.91 Å². The number of ether oxygens (including phenoxy) is 1. The quantitative estimate of drug-likeness (QED) is 0.668. The van der Waals surface area contributed by atoms with Gasteiger partial charge in [-0.1, -0.05) is 30.3 Å². The molecule has 0 atom stereocenters. The molecule has 29 heavy (non-hydrogen) atoms. The molecule has 2 N–H and O–H groups in total. The molecular weight excluding hydrogens is 366 g/mol. The van der Waals surface area contributed by atoms with Crippen LogP contribution in [0, 0.1) is 0 Å². The van der Waals surface area contributed by atoms with Gasteiger partial charge < -0.3 is 10.1 Å². The smallest absolute Gasteiger partial charge is 0.412 e. The predicted octanol–water partition coefficient (Wildman–Crippen LogP) is 4.55. The zero-order valence-electron chi connectivity index (χ0n) is 16.9. The van der Waals surface area contributed by atoms with Gasteiger partial charge in [0.25, 0.3) is 5.91 Å². The van der Waals surface area contributed by atoms with Crippen molar-refractivity contribution in [1.29, 1.82) is 0 Å². The van der Waals surface area contributed by atoms with Gasteiger partial charge in [0.1, 0.15) is 5.60 Å². The first kappa shape index (κ1) is 20.3. The summed E-state index contributed by atoms with van der Waals surface area (Å²) in [5.41, 5.74) is 1.06. The number of benzene rings is 2. The molecule has 150 valence electrons. The van der Waals surface area contributed by atoms with Crippen LogP contribution in [-0.4, -0.2) is 29.1 Å². The summed E-state index contributed by atoms with van der Waals surface area (Å²) in [5, 5.41) is 7.45. The lowest BCUT2D eigenvalue weighted by Gasteiger charge is -2.20. The second-order valence-electron chi connectivity index (χ2n) is 7.70. The Hall–Kier alpha value is -3.41. The third-order valence-corrected chi connectivity index (χ3v) is 4.16. The van der Waals surface area contributed by atoms with E-state index < -0.39 is 11.7 Å². The number of pyridine rings is 1. The highest BCUT2D eigenvalue weighted by Gasteiger charge is 2.19. The molecular formula is C23H25N3O3. The Balaban J connectivity index is 1.80. The average molecular weight is 391 g/mol. The largest absolute Gasteiger partial charge is 0.444 e. The zero-order chi connectivity index (χ0) is 20.9. The molecule has 0 aliphatic carbocycles. The molecule has 3 rings (SSSR count). The molecule has 0 bridgehead atoms. The highest BCUT2D eigenvalue weighted by molar-refractivity contribution is 6.07. The van der Waals surface area contributed by atoms with Crippen LogP contribution >= 0.6 is 0 Å². The van der Waals surface area contributed by atoms with E-state index in [0.29, 0.717) is 24.2 Å². The van der Waals surface area contributed by atoms with Gasteiger partial charge in [-0.05, 0) is 55.8 Å².